The standard InChI is InChI=1S/C46H31N3/c1-2-11-31-28(10-1)22-27-42-44(31)39-15-6-8-19-41(39)49(42)30-23-20-29(21-24-30)46-47-40-18-7-5-14-38(40)45(48-46)37-26-25-36-33-13-4-3-12-32(33)34-16-9-17-35(37)43(34)36/h1-8,10-16,18-23,25-27,30H,9,17,24H2. The van der Waals surface area contributed by atoms with Crippen molar-refractivity contribution >= 4 is 54.6 Å². The predicted molar refractivity (Wildman–Crippen MR) is 204 cm³/mol. The Bertz CT molecular complexity index is 2810. The third kappa shape index (κ3) is 3.84. The molecule has 0 radical (unpaired) electrons. The molecule has 1 unspecified atom stereocenters. The summed E-state index contributed by atoms with van der Waals surface area (Å²) in [5, 5.41) is 6.32. The van der Waals surface area contributed by atoms with E-state index in [9.17, 15) is 0 Å². The molecule has 8 aromatic rings. The average Bonchev–Trinajstić information content (AvgIpc) is 3.69. The molecule has 6 aromatic carbocycles. The highest BCUT2D eigenvalue weighted by atomic mass is 15.0. The molecule has 3 aliphatic rings. The van der Waals surface area contributed by atoms with Crippen LogP contribution in [0.1, 0.15) is 41.4 Å². The Hall–Kier alpha value is -6.06. The summed E-state index contributed by atoms with van der Waals surface area (Å²) in [5.74, 6) is 0.791. The van der Waals surface area contributed by atoms with E-state index >= 15 is 0 Å². The second-order valence-corrected chi connectivity index (χ2v) is 13.5. The lowest BCUT2D eigenvalue weighted by molar-refractivity contribution is 0.649. The Balaban J connectivity index is 1.03. The molecule has 0 N–H and O–H groups in total. The molecular weight excluding hydrogens is 595 g/mol. The van der Waals surface area contributed by atoms with Crippen LogP contribution in [-0.2, 0) is 6.42 Å². The van der Waals surface area contributed by atoms with Crippen LogP contribution >= 0.6 is 0 Å². The second-order valence-electron chi connectivity index (χ2n) is 13.5. The van der Waals surface area contributed by atoms with Crippen molar-refractivity contribution in [3.8, 4) is 22.4 Å². The molecule has 1 atom stereocenters. The van der Waals surface area contributed by atoms with Crippen molar-refractivity contribution in [3.63, 3.8) is 0 Å². The first-order valence-electron chi connectivity index (χ1n) is 17.3. The molecule has 2 aromatic heterocycles. The summed E-state index contributed by atoms with van der Waals surface area (Å²) in [4.78, 5) is 10.5. The molecule has 0 aliphatic heterocycles. The van der Waals surface area contributed by atoms with Crippen molar-refractivity contribution < 1.29 is 0 Å². The predicted octanol–water partition coefficient (Wildman–Crippen LogP) is 11.5. The fraction of sp³-hybridized carbons (Fsp3) is 0.0870. The van der Waals surface area contributed by atoms with Gasteiger partial charge in [-0.05, 0) is 81.6 Å². The average molecular weight is 626 g/mol. The number of aromatic nitrogens is 3. The van der Waals surface area contributed by atoms with Gasteiger partial charge in [-0.25, -0.2) is 9.97 Å². The van der Waals surface area contributed by atoms with Gasteiger partial charge in [-0.3, -0.25) is 0 Å². The zero-order valence-corrected chi connectivity index (χ0v) is 26.9. The smallest absolute Gasteiger partial charge is 0.160 e. The molecule has 0 fully saturated rings. The lowest BCUT2D eigenvalue weighted by Gasteiger charge is -2.22. The fourth-order valence-corrected chi connectivity index (χ4v) is 8.83. The van der Waals surface area contributed by atoms with Gasteiger partial charge in [-0.15, -0.1) is 0 Å². The summed E-state index contributed by atoms with van der Waals surface area (Å²) >= 11 is 0. The van der Waals surface area contributed by atoms with Crippen molar-refractivity contribution in [2.45, 2.75) is 25.3 Å². The lowest BCUT2D eigenvalue weighted by Crippen LogP contribution is -2.09. The van der Waals surface area contributed by atoms with E-state index in [0.717, 1.165) is 47.3 Å². The molecule has 0 spiro atoms. The zero-order chi connectivity index (χ0) is 32.1. The van der Waals surface area contributed by atoms with E-state index in [0.29, 0.717) is 0 Å². The third-order valence-electron chi connectivity index (χ3n) is 11.0. The van der Waals surface area contributed by atoms with Gasteiger partial charge in [0.05, 0.1) is 22.8 Å². The summed E-state index contributed by atoms with van der Waals surface area (Å²) in [6, 6.07) is 44.3. The Morgan fingerprint density at radius 2 is 1.37 bits per heavy atom. The Morgan fingerprint density at radius 3 is 2.27 bits per heavy atom. The molecule has 3 nitrogen and oxygen atoms in total. The molecular formula is C46H31N3. The highest BCUT2D eigenvalue weighted by Gasteiger charge is 2.30. The summed E-state index contributed by atoms with van der Waals surface area (Å²) in [5.41, 5.74) is 15.1. The molecule has 0 bridgehead atoms. The third-order valence-corrected chi connectivity index (χ3v) is 11.0. The Kier molecular flexibility index (Phi) is 5.62. The van der Waals surface area contributed by atoms with E-state index < -0.39 is 0 Å². The van der Waals surface area contributed by atoms with E-state index in [4.69, 9.17) is 9.97 Å². The van der Waals surface area contributed by atoms with Crippen LogP contribution in [0.25, 0.3) is 77.0 Å². The molecule has 11 rings (SSSR count). The maximum absolute atomic E-state index is 5.39. The first kappa shape index (κ1) is 26.9. The minimum absolute atomic E-state index is 0.195. The summed E-state index contributed by atoms with van der Waals surface area (Å²) in [7, 11) is 0. The number of rotatable bonds is 3. The van der Waals surface area contributed by atoms with Crippen LogP contribution in [0, 0.1) is 0 Å². The van der Waals surface area contributed by atoms with E-state index in [1.54, 1.807) is 0 Å². The van der Waals surface area contributed by atoms with E-state index in [2.05, 4.69) is 150 Å². The van der Waals surface area contributed by atoms with E-state index in [-0.39, 0.29) is 6.04 Å². The van der Waals surface area contributed by atoms with Gasteiger partial charge in [0, 0.05) is 32.8 Å². The molecule has 0 saturated heterocycles. The van der Waals surface area contributed by atoms with Gasteiger partial charge in [0.15, 0.2) is 5.82 Å². The summed E-state index contributed by atoms with van der Waals surface area (Å²) in [6.45, 7) is 0. The highest BCUT2D eigenvalue weighted by Crippen LogP contribution is 2.50. The zero-order valence-electron chi connectivity index (χ0n) is 26.9. The van der Waals surface area contributed by atoms with Gasteiger partial charge in [0.25, 0.3) is 0 Å². The van der Waals surface area contributed by atoms with Crippen molar-refractivity contribution in [3.05, 3.63) is 168 Å². The van der Waals surface area contributed by atoms with Crippen molar-refractivity contribution in [1.82, 2.24) is 14.5 Å². The minimum Gasteiger partial charge on any atom is -0.333 e. The van der Waals surface area contributed by atoms with Gasteiger partial charge in [0.2, 0.25) is 0 Å². The number of allylic oxidation sites excluding steroid dienone is 5. The monoisotopic (exact) mass is 625 g/mol. The number of nitrogens with zero attached hydrogens (tertiary/aromatic N) is 3. The van der Waals surface area contributed by atoms with Gasteiger partial charge < -0.3 is 4.57 Å². The fourth-order valence-electron chi connectivity index (χ4n) is 8.83. The molecule has 0 amide bonds. The topological polar surface area (TPSA) is 30.7 Å². The molecule has 49 heavy (non-hydrogen) atoms. The largest absolute Gasteiger partial charge is 0.333 e. The van der Waals surface area contributed by atoms with Gasteiger partial charge >= 0.3 is 0 Å². The van der Waals surface area contributed by atoms with Gasteiger partial charge in [0.1, 0.15) is 0 Å². The maximum atomic E-state index is 5.39. The quantitative estimate of drug-likeness (QED) is 0.196. The number of hydrogen-bond donors (Lipinski definition) is 0. The first-order valence-corrected chi connectivity index (χ1v) is 17.3. The minimum atomic E-state index is 0.195. The van der Waals surface area contributed by atoms with Crippen LogP contribution in [0.15, 0.2) is 146 Å². The summed E-state index contributed by atoms with van der Waals surface area (Å²) < 4.78 is 2.52. The second kappa shape index (κ2) is 10.2. The first-order chi connectivity index (χ1) is 24.3. The van der Waals surface area contributed by atoms with Crippen LogP contribution in [-0.4, -0.2) is 14.5 Å². The molecule has 2 heterocycles. The van der Waals surface area contributed by atoms with Crippen LogP contribution in [0.4, 0.5) is 0 Å². The van der Waals surface area contributed by atoms with Crippen molar-refractivity contribution in [2.75, 3.05) is 0 Å². The van der Waals surface area contributed by atoms with E-state index in [1.165, 1.54) is 71.5 Å². The number of para-hydroxylation sites is 2. The van der Waals surface area contributed by atoms with Crippen molar-refractivity contribution in [2.24, 2.45) is 0 Å². The van der Waals surface area contributed by atoms with Crippen LogP contribution in [0.2, 0.25) is 0 Å². The molecule has 230 valence electrons. The SMILES string of the molecule is C1=CC(n2c3ccccc3c3c4ccccc4ccc32)CC=C1c1nc(-c2ccc3c4c2CCC=C4c2ccccc2-3)c2ccccc2n1. The Morgan fingerprint density at radius 1 is 0.592 bits per heavy atom. The number of hydrogen-bond acceptors (Lipinski definition) is 2. The molecule has 3 aliphatic carbocycles. The van der Waals surface area contributed by atoms with Gasteiger partial charge in [-0.1, -0.05) is 127 Å². The summed E-state index contributed by atoms with van der Waals surface area (Å²) in [6.07, 6.45) is 12.3. The number of fused-ring (bicyclic) bond motifs is 9. The Labute approximate surface area is 284 Å². The van der Waals surface area contributed by atoms with Gasteiger partial charge in [-0.2, -0.15) is 0 Å². The van der Waals surface area contributed by atoms with E-state index in [1.807, 2.05) is 0 Å². The van der Waals surface area contributed by atoms with Crippen LogP contribution in [0.5, 0.6) is 0 Å². The normalized spacial score (nSPS) is 16.3. The van der Waals surface area contributed by atoms with Crippen molar-refractivity contribution in [1.29, 1.82) is 0 Å². The lowest BCUT2D eigenvalue weighted by atomic mass is 9.85. The molecule has 3 heteroatoms. The van der Waals surface area contributed by atoms with Crippen LogP contribution in [0.3, 0.4) is 0 Å². The van der Waals surface area contributed by atoms with Crippen LogP contribution < -0.4 is 0 Å². The highest BCUT2D eigenvalue weighted by molar-refractivity contribution is 6.20. The number of benzene rings is 6. The molecule has 0 saturated carbocycles. The maximum Gasteiger partial charge on any atom is 0.160 e.